The molecule has 0 amide bonds. The summed E-state index contributed by atoms with van der Waals surface area (Å²) in [6.07, 6.45) is 1.45. The maximum atomic E-state index is 12.0. The van der Waals surface area contributed by atoms with Crippen LogP contribution in [0.5, 0.6) is 11.5 Å². The summed E-state index contributed by atoms with van der Waals surface area (Å²) in [5.41, 5.74) is -0.789. The maximum Gasteiger partial charge on any atom is 0.573 e. The molecule has 1 rings (SSSR count). The topological polar surface area (TPSA) is 55.8 Å². The minimum Gasteiger partial charge on any atom is -0.477 e. The Kier molecular flexibility index (Phi) is 3.48. The third-order valence-electron chi connectivity index (χ3n) is 1.60. The lowest BCUT2D eigenvalue weighted by atomic mass is 10.2. The van der Waals surface area contributed by atoms with E-state index in [1.807, 2.05) is 0 Å². The number of carbonyl (C=O) groups is 1. The fourth-order valence-electron chi connectivity index (χ4n) is 1.08. The van der Waals surface area contributed by atoms with Crippen LogP contribution in [0.1, 0.15) is 10.4 Å². The van der Waals surface area contributed by atoms with Crippen LogP contribution in [-0.4, -0.2) is 17.4 Å². The molecule has 1 N–H and O–H groups in total. The normalized spacial score (nSPS) is 10.5. The van der Waals surface area contributed by atoms with Gasteiger partial charge in [-0.15, -0.1) is 13.2 Å². The van der Waals surface area contributed by atoms with Crippen molar-refractivity contribution in [3.63, 3.8) is 0 Å². The highest BCUT2D eigenvalue weighted by molar-refractivity contribution is 5.94. The summed E-state index contributed by atoms with van der Waals surface area (Å²) >= 11 is 0. The van der Waals surface area contributed by atoms with Crippen molar-refractivity contribution < 1.29 is 32.5 Å². The summed E-state index contributed by atoms with van der Waals surface area (Å²) < 4.78 is 44.0. The number of rotatable bonds is 3. The summed E-state index contributed by atoms with van der Waals surface area (Å²) in [6.45, 7) is 0. The molecule has 1 aromatic carbocycles. The minimum absolute atomic E-state index is 0.401. The van der Waals surface area contributed by atoms with E-state index in [2.05, 4.69) is 9.47 Å². The Morgan fingerprint density at radius 1 is 1.35 bits per heavy atom. The summed E-state index contributed by atoms with van der Waals surface area (Å²) in [6, 6.07) is 3.09. The predicted molar refractivity (Wildman–Crippen MR) is 49.5 cm³/mol. The maximum absolute atomic E-state index is 12.0. The van der Waals surface area contributed by atoms with E-state index in [0.717, 1.165) is 18.2 Å². The number of halogens is 3. The van der Waals surface area contributed by atoms with E-state index in [9.17, 15) is 18.0 Å². The Morgan fingerprint density at radius 2 is 1.94 bits per heavy atom. The van der Waals surface area contributed by atoms with Crippen molar-refractivity contribution in [2.75, 3.05) is 0 Å². The standard InChI is InChI=1S/C10H5F3O4/c1-2-16-6-4-3-5-7(8(6)9(14)15)17-10(11,12)13/h1,3-5H,(H,14,15). The molecule has 0 saturated carbocycles. The zero-order chi connectivity index (χ0) is 13.1. The molecule has 90 valence electrons. The van der Waals surface area contributed by atoms with E-state index in [-0.39, 0.29) is 0 Å². The first-order chi connectivity index (χ1) is 7.85. The molecule has 0 atom stereocenters. The number of ether oxygens (including phenoxy) is 2. The smallest absolute Gasteiger partial charge is 0.477 e. The van der Waals surface area contributed by atoms with Gasteiger partial charge in [0.1, 0.15) is 17.4 Å². The second-order valence-electron chi connectivity index (χ2n) is 2.70. The highest BCUT2D eigenvalue weighted by Gasteiger charge is 2.34. The van der Waals surface area contributed by atoms with Crippen molar-refractivity contribution in [3.8, 4) is 24.0 Å². The average Bonchev–Trinajstić information content (AvgIpc) is 2.15. The molecule has 0 aliphatic rings. The molecule has 1 aromatic rings. The van der Waals surface area contributed by atoms with Gasteiger partial charge in [0.2, 0.25) is 0 Å². The molecule has 0 unspecified atom stereocenters. The van der Waals surface area contributed by atoms with Gasteiger partial charge < -0.3 is 14.6 Å². The van der Waals surface area contributed by atoms with Crippen LogP contribution < -0.4 is 9.47 Å². The molecule has 0 fully saturated rings. The molecule has 4 nitrogen and oxygen atoms in total. The van der Waals surface area contributed by atoms with Gasteiger partial charge in [-0.2, -0.15) is 0 Å². The number of hydrogen-bond donors (Lipinski definition) is 1. The molecule has 0 aliphatic heterocycles. The average molecular weight is 246 g/mol. The molecular formula is C10H5F3O4. The Labute approximate surface area is 93.6 Å². The van der Waals surface area contributed by atoms with Crippen LogP contribution in [0, 0.1) is 12.5 Å². The first kappa shape index (κ1) is 12.7. The number of alkyl halides is 3. The number of terminal acetylenes is 1. The minimum atomic E-state index is -5.00. The Hall–Kier alpha value is -2.36. The van der Waals surface area contributed by atoms with Gasteiger partial charge in [0, 0.05) is 0 Å². The number of benzene rings is 1. The van der Waals surface area contributed by atoms with Crippen molar-refractivity contribution in [1.29, 1.82) is 0 Å². The molecule has 0 bridgehead atoms. The lowest BCUT2D eigenvalue weighted by Crippen LogP contribution is -2.19. The molecule has 0 spiro atoms. The van der Waals surface area contributed by atoms with Gasteiger partial charge in [-0.3, -0.25) is 0 Å². The molecule has 0 aromatic heterocycles. The zero-order valence-corrected chi connectivity index (χ0v) is 8.12. The summed E-state index contributed by atoms with van der Waals surface area (Å²) in [7, 11) is 0. The van der Waals surface area contributed by atoms with Crippen molar-refractivity contribution in [1.82, 2.24) is 0 Å². The van der Waals surface area contributed by atoms with Crippen LogP contribution in [0.3, 0.4) is 0 Å². The van der Waals surface area contributed by atoms with Gasteiger partial charge in [0.25, 0.3) is 0 Å². The summed E-state index contributed by atoms with van der Waals surface area (Å²) in [5.74, 6) is -2.94. The van der Waals surface area contributed by atoms with E-state index in [1.165, 1.54) is 0 Å². The molecule has 0 aliphatic carbocycles. The monoisotopic (exact) mass is 246 g/mol. The summed E-state index contributed by atoms with van der Waals surface area (Å²) in [5, 5.41) is 8.77. The van der Waals surface area contributed by atoms with Gasteiger partial charge in [0.15, 0.2) is 5.75 Å². The van der Waals surface area contributed by atoms with Gasteiger partial charge in [-0.05, 0) is 12.1 Å². The second kappa shape index (κ2) is 4.65. The molecule has 0 radical (unpaired) electrons. The quantitative estimate of drug-likeness (QED) is 0.831. The van der Waals surface area contributed by atoms with E-state index >= 15 is 0 Å². The van der Waals surface area contributed by atoms with Crippen molar-refractivity contribution >= 4 is 5.97 Å². The second-order valence-corrected chi connectivity index (χ2v) is 2.70. The van der Waals surface area contributed by atoms with E-state index in [0.29, 0.717) is 0 Å². The van der Waals surface area contributed by atoms with Crippen molar-refractivity contribution in [2.24, 2.45) is 0 Å². The van der Waals surface area contributed by atoms with Crippen LogP contribution in [0.15, 0.2) is 18.2 Å². The first-order valence-corrected chi connectivity index (χ1v) is 4.09. The zero-order valence-electron chi connectivity index (χ0n) is 8.12. The molecule has 17 heavy (non-hydrogen) atoms. The predicted octanol–water partition coefficient (Wildman–Crippen LogP) is 2.25. The lowest BCUT2D eigenvalue weighted by Gasteiger charge is -2.12. The number of carboxylic acids is 1. The highest BCUT2D eigenvalue weighted by Crippen LogP contribution is 2.32. The SMILES string of the molecule is C#COc1cccc(OC(F)(F)F)c1C(=O)O. The number of hydrogen-bond acceptors (Lipinski definition) is 3. The van der Waals surface area contributed by atoms with Gasteiger partial charge >= 0.3 is 12.3 Å². The van der Waals surface area contributed by atoms with Crippen molar-refractivity contribution in [2.45, 2.75) is 6.36 Å². The number of aromatic carboxylic acids is 1. The fourth-order valence-corrected chi connectivity index (χ4v) is 1.08. The van der Waals surface area contributed by atoms with Crippen molar-refractivity contribution in [3.05, 3.63) is 23.8 Å². The van der Waals surface area contributed by atoms with Crippen LogP contribution in [0.2, 0.25) is 0 Å². The Morgan fingerprint density at radius 3 is 2.41 bits per heavy atom. The molecular weight excluding hydrogens is 241 g/mol. The Bertz CT molecular complexity index is 473. The van der Waals surface area contributed by atoms with Gasteiger partial charge in [-0.1, -0.05) is 12.5 Å². The van der Waals surface area contributed by atoms with Crippen LogP contribution in [0.25, 0.3) is 0 Å². The van der Waals surface area contributed by atoms with Crippen LogP contribution in [-0.2, 0) is 0 Å². The molecule has 0 saturated heterocycles. The van der Waals surface area contributed by atoms with Gasteiger partial charge in [-0.25, -0.2) is 4.79 Å². The van der Waals surface area contributed by atoms with Crippen LogP contribution in [0.4, 0.5) is 13.2 Å². The van der Waals surface area contributed by atoms with E-state index in [1.54, 1.807) is 6.11 Å². The third-order valence-corrected chi connectivity index (χ3v) is 1.60. The lowest BCUT2D eigenvalue weighted by molar-refractivity contribution is -0.274. The van der Waals surface area contributed by atoms with E-state index < -0.39 is 29.4 Å². The fraction of sp³-hybridized carbons (Fsp3) is 0.100. The largest absolute Gasteiger partial charge is 0.573 e. The Balaban J connectivity index is 3.26. The third kappa shape index (κ3) is 3.31. The van der Waals surface area contributed by atoms with E-state index in [4.69, 9.17) is 11.5 Å². The summed E-state index contributed by atoms with van der Waals surface area (Å²) in [4.78, 5) is 10.8. The molecule has 7 heteroatoms. The van der Waals surface area contributed by atoms with Crippen LogP contribution >= 0.6 is 0 Å². The molecule has 0 heterocycles. The first-order valence-electron chi connectivity index (χ1n) is 4.09. The highest BCUT2D eigenvalue weighted by atomic mass is 19.4. The van der Waals surface area contributed by atoms with Gasteiger partial charge in [0.05, 0.1) is 0 Å². The number of carboxylic acid groups (broad SMARTS) is 1.